The summed E-state index contributed by atoms with van der Waals surface area (Å²) in [7, 11) is 0. The molecule has 1 fully saturated rings. The summed E-state index contributed by atoms with van der Waals surface area (Å²) in [5, 5.41) is 0. The van der Waals surface area contributed by atoms with Crippen molar-refractivity contribution in [1.82, 2.24) is 14.9 Å². The first kappa shape index (κ1) is 11.4. The average molecular weight is 222 g/mol. The summed E-state index contributed by atoms with van der Waals surface area (Å²) >= 11 is 0. The molecule has 1 aliphatic rings. The topological polar surface area (TPSA) is 64.3 Å². The number of hydrogen-bond acceptors (Lipinski definition) is 5. The van der Waals surface area contributed by atoms with Gasteiger partial charge in [-0.05, 0) is 13.0 Å². The summed E-state index contributed by atoms with van der Waals surface area (Å²) in [6.07, 6.45) is 3.33. The third kappa shape index (κ3) is 2.37. The monoisotopic (exact) mass is 222 g/mol. The first-order valence-electron chi connectivity index (χ1n) is 5.62. The lowest BCUT2D eigenvalue weighted by Crippen LogP contribution is -2.47. The molecule has 0 spiro atoms. The molecule has 0 amide bonds. The molecule has 1 saturated heterocycles. The van der Waals surface area contributed by atoms with Gasteiger partial charge in [0.05, 0.1) is 24.9 Å². The zero-order chi connectivity index (χ0) is 11.4. The summed E-state index contributed by atoms with van der Waals surface area (Å²) in [5.41, 5.74) is 6.85. The van der Waals surface area contributed by atoms with E-state index in [4.69, 9.17) is 10.5 Å². The van der Waals surface area contributed by atoms with Crippen LogP contribution in [0, 0.1) is 0 Å². The van der Waals surface area contributed by atoms with Gasteiger partial charge in [-0.3, -0.25) is 4.90 Å². The van der Waals surface area contributed by atoms with Crippen LogP contribution < -0.4 is 5.73 Å². The molecule has 2 atom stereocenters. The quantitative estimate of drug-likeness (QED) is 0.791. The Morgan fingerprint density at radius 2 is 2.56 bits per heavy atom. The Labute approximate surface area is 95.6 Å². The van der Waals surface area contributed by atoms with E-state index in [1.165, 1.54) is 0 Å². The van der Waals surface area contributed by atoms with E-state index in [-0.39, 0.29) is 6.04 Å². The van der Waals surface area contributed by atoms with E-state index >= 15 is 0 Å². The highest BCUT2D eigenvalue weighted by atomic mass is 16.5. The number of hydrogen-bond donors (Lipinski definition) is 1. The van der Waals surface area contributed by atoms with Crippen molar-refractivity contribution < 1.29 is 4.74 Å². The van der Waals surface area contributed by atoms with Crippen LogP contribution in [0.3, 0.4) is 0 Å². The van der Waals surface area contributed by atoms with E-state index in [1.54, 1.807) is 12.5 Å². The Morgan fingerprint density at radius 1 is 1.69 bits per heavy atom. The average Bonchev–Trinajstić information content (AvgIpc) is 2.34. The fourth-order valence-corrected chi connectivity index (χ4v) is 2.13. The molecule has 16 heavy (non-hydrogen) atoms. The third-order valence-electron chi connectivity index (χ3n) is 2.99. The molecule has 1 aromatic heterocycles. The highest BCUT2D eigenvalue weighted by molar-refractivity contribution is 5.06. The molecule has 2 heterocycles. The minimum Gasteiger partial charge on any atom is -0.379 e. The van der Waals surface area contributed by atoms with Gasteiger partial charge in [0, 0.05) is 25.3 Å². The Balaban J connectivity index is 2.15. The van der Waals surface area contributed by atoms with Gasteiger partial charge in [0.15, 0.2) is 0 Å². The predicted octanol–water partition coefficient (Wildman–Crippen LogP) is 0.197. The van der Waals surface area contributed by atoms with Gasteiger partial charge in [-0.15, -0.1) is 0 Å². The molecular formula is C11H18N4O. The van der Waals surface area contributed by atoms with Crippen molar-refractivity contribution in [2.75, 3.05) is 26.3 Å². The summed E-state index contributed by atoms with van der Waals surface area (Å²) in [4.78, 5) is 10.6. The Kier molecular flexibility index (Phi) is 3.82. The lowest BCUT2D eigenvalue weighted by molar-refractivity contribution is -0.0217. The molecule has 0 aromatic carbocycles. The van der Waals surface area contributed by atoms with Crippen LogP contribution in [0.5, 0.6) is 0 Å². The van der Waals surface area contributed by atoms with Crippen molar-refractivity contribution in [3.05, 3.63) is 24.3 Å². The van der Waals surface area contributed by atoms with Crippen LogP contribution >= 0.6 is 0 Å². The van der Waals surface area contributed by atoms with E-state index in [2.05, 4.69) is 21.8 Å². The Bertz CT molecular complexity index is 319. The third-order valence-corrected chi connectivity index (χ3v) is 2.99. The minimum atomic E-state index is 0.168. The van der Waals surface area contributed by atoms with Gasteiger partial charge in [0.2, 0.25) is 0 Å². The number of nitrogens with two attached hydrogens (primary N) is 1. The normalized spacial score (nSPS) is 24.2. The molecule has 88 valence electrons. The molecule has 5 heteroatoms. The van der Waals surface area contributed by atoms with E-state index in [0.29, 0.717) is 12.6 Å². The van der Waals surface area contributed by atoms with E-state index in [9.17, 15) is 0 Å². The van der Waals surface area contributed by atoms with Crippen LogP contribution in [0.25, 0.3) is 0 Å². The number of ether oxygens (including phenoxy) is 1. The van der Waals surface area contributed by atoms with Crippen LogP contribution in [0.15, 0.2) is 18.6 Å². The lowest BCUT2D eigenvalue weighted by atomic mass is 10.1. The molecule has 1 aliphatic heterocycles. The molecular weight excluding hydrogens is 204 g/mol. The maximum atomic E-state index is 5.85. The highest BCUT2D eigenvalue weighted by Gasteiger charge is 2.27. The predicted molar refractivity (Wildman–Crippen MR) is 60.8 cm³/mol. The largest absolute Gasteiger partial charge is 0.379 e. The maximum absolute atomic E-state index is 5.85. The first-order chi connectivity index (χ1) is 7.83. The zero-order valence-corrected chi connectivity index (χ0v) is 9.54. The van der Waals surface area contributed by atoms with Gasteiger partial charge in [-0.2, -0.15) is 0 Å². The van der Waals surface area contributed by atoms with Crippen LogP contribution in [0.4, 0.5) is 0 Å². The first-order valence-corrected chi connectivity index (χ1v) is 5.62. The SMILES string of the molecule is CC1COCCN1C(CN)c1ccncn1. The molecule has 5 nitrogen and oxygen atoms in total. The smallest absolute Gasteiger partial charge is 0.115 e. The summed E-state index contributed by atoms with van der Waals surface area (Å²) < 4.78 is 5.43. The second-order valence-electron chi connectivity index (χ2n) is 4.05. The molecule has 2 unspecified atom stereocenters. The Morgan fingerprint density at radius 3 is 3.19 bits per heavy atom. The second kappa shape index (κ2) is 5.34. The minimum absolute atomic E-state index is 0.168. The second-order valence-corrected chi connectivity index (χ2v) is 4.05. The fourth-order valence-electron chi connectivity index (χ4n) is 2.13. The van der Waals surface area contributed by atoms with Crippen LogP contribution in [0.1, 0.15) is 18.7 Å². The summed E-state index contributed by atoms with van der Waals surface area (Å²) in [6.45, 7) is 5.17. The summed E-state index contributed by atoms with van der Waals surface area (Å²) in [5.74, 6) is 0. The summed E-state index contributed by atoms with van der Waals surface area (Å²) in [6, 6.07) is 2.49. The van der Waals surface area contributed by atoms with Gasteiger partial charge in [-0.25, -0.2) is 9.97 Å². The molecule has 0 radical (unpaired) electrons. The van der Waals surface area contributed by atoms with Gasteiger partial charge in [0.25, 0.3) is 0 Å². The van der Waals surface area contributed by atoms with E-state index in [0.717, 1.165) is 25.5 Å². The number of rotatable bonds is 3. The Hall–Kier alpha value is -1.04. The fraction of sp³-hybridized carbons (Fsp3) is 0.636. The van der Waals surface area contributed by atoms with Gasteiger partial charge in [0.1, 0.15) is 6.33 Å². The lowest BCUT2D eigenvalue weighted by Gasteiger charge is -2.38. The van der Waals surface area contributed by atoms with Crippen molar-refractivity contribution >= 4 is 0 Å². The molecule has 2 rings (SSSR count). The molecule has 1 aromatic rings. The van der Waals surface area contributed by atoms with Gasteiger partial charge >= 0.3 is 0 Å². The van der Waals surface area contributed by atoms with Crippen LogP contribution in [-0.4, -0.2) is 47.2 Å². The number of nitrogens with zero attached hydrogens (tertiary/aromatic N) is 3. The van der Waals surface area contributed by atoms with Crippen molar-refractivity contribution in [3.63, 3.8) is 0 Å². The van der Waals surface area contributed by atoms with E-state index < -0.39 is 0 Å². The zero-order valence-electron chi connectivity index (χ0n) is 9.54. The van der Waals surface area contributed by atoms with Crippen LogP contribution in [0.2, 0.25) is 0 Å². The van der Waals surface area contributed by atoms with Crippen molar-refractivity contribution in [1.29, 1.82) is 0 Å². The standard InChI is InChI=1S/C11H18N4O/c1-9-7-16-5-4-15(9)11(6-12)10-2-3-13-8-14-10/h2-3,8-9,11H,4-7,12H2,1H3. The van der Waals surface area contributed by atoms with Crippen LogP contribution in [-0.2, 0) is 4.74 Å². The molecule has 0 aliphatic carbocycles. The number of morpholine rings is 1. The van der Waals surface area contributed by atoms with Gasteiger partial charge in [-0.1, -0.05) is 0 Å². The van der Waals surface area contributed by atoms with E-state index in [1.807, 2.05) is 6.07 Å². The van der Waals surface area contributed by atoms with Gasteiger partial charge < -0.3 is 10.5 Å². The molecule has 2 N–H and O–H groups in total. The van der Waals surface area contributed by atoms with Crippen molar-refractivity contribution in [2.24, 2.45) is 5.73 Å². The number of aromatic nitrogens is 2. The van der Waals surface area contributed by atoms with Crippen molar-refractivity contribution in [3.8, 4) is 0 Å². The maximum Gasteiger partial charge on any atom is 0.115 e. The van der Waals surface area contributed by atoms with Crippen molar-refractivity contribution in [2.45, 2.75) is 19.0 Å². The highest BCUT2D eigenvalue weighted by Crippen LogP contribution is 2.21. The molecule has 0 bridgehead atoms. The molecule has 0 saturated carbocycles.